The smallest absolute Gasteiger partial charge is 0.308 e. The molecule has 0 aliphatic carbocycles. The maximum Gasteiger partial charge on any atom is 0.308 e. The van der Waals surface area contributed by atoms with Gasteiger partial charge in [0.05, 0.1) is 13.5 Å². The summed E-state index contributed by atoms with van der Waals surface area (Å²) >= 11 is 0. The molecule has 3 heteroatoms. The van der Waals surface area contributed by atoms with Crippen LogP contribution in [0.15, 0.2) is 0 Å². The number of hydrogen-bond acceptors (Lipinski definition) is 3. The number of rotatable bonds is 5. The fourth-order valence-electron chi connectivity index (χ4n) is 0.715. The quantitative estimate of drug-likeness (QED) is 0.570. The molecule has 0 aromatic heterocycles. The van der Waals surface area contributed by atoms with Crippen LogP contribution in [0.4, 0.5) is 0 Å². The second kappa shape index (κ2) is 6.16. The first-order valence-corrected chi connectivity index (χ1v) is 3.78. The lowest BCUT2D eigenvalue weighted by molar-refractivity contribution is -0.141. The minimum Gasteiger partial charge on any atom is -0.469 e. The molecule has 0 aromatic carbocycles. The number of ether oxygens (including phenoxy) is 2. The van der Waals surface area contributed by atoms with Crippen LogP contribution >= 0.6 is 0 Å². The van der Waals surface area contributed by atoms with E-state index in [0.717, 1.165) is 12.5 Å². The third-order valence-electron chi connectivity index (χ3n) is 1.31. The summed E-state index contributed by atoms with van der Waals surface area (Å²) in [6.07, 6.45) is 1.84. The van der Waals surface area contributed by atoms with Crippen molar-refractivity contribution < 1.29 is 14.3 Å². The standard InChI is InChI=1S/C8H15O3/c1-4-7(11-5-2)6-8(9)10-3/h4-6H2,1-3H3. The summed E-state index contributed by atoms with van der Waals surface area (Å²) in [7, 11) is 1.38. The molecule has 11 heavy (non-hydrogen) atoms. The van der Waals surface area contributed by atoms with Crippen LogP contribution in [-0.4, -0.2) is 19.7 Å². The third-order valence-corrected chi connectivity index (χ3v) is 1.31. The van der Waals surface area contributed by atoms with Crippen LogP contribution in [0.3, 0.4) is 0 Å². The van der Waals surface area contributed by atoms with Crippen molar-refractivity contribution in [2.24, 2.45) is 0 Å². The Bertz CT molecular complexity index is 112. The summed E-state index contributed by atoms with van der Waals surface area (Å²) in [6, 6.07) is 0. The number of esters is 1. The largest absolute Gasteiger partial charge is 0.469 e. The van der Waals surface area contributed by atoms with Gasteiger partial charge >= 0.3 is 5.97 Å². The number of carbonyl (C=O) groups excluding carboxylic acids is 1. The second-order valence-electron chi connectivity index (χ2n) is 2.08. The van der Waals surface area contributed by atoms with Gasteiger partial charge in [-0.1, -0.05) is 6.92 Å². The topological polar surface area (TPSA) is 35.5 Å². The number of carbonyl (C=O) groups is 1. The molecule has 65 valence electrons. The predicted molar refractivity (Wildman–Crippen MR) is 41.8 cm³/mol. The van der Waals surface area contributed by atoms with Gasteiger partial charge in [0.25, 0.3) is 0 Å². The second-order valence-corrected chi connectivity index (χ2v) is 2.08. The van der Waals surface area contributed by atoms with Gasteiger partial charge in [0.1, 0.15) is 6.10 Å². The molecule has 0 saturated heterocycles. The Morgan fingerprint density at radius 2 is 2.00 bits per heavy atom. The van der Waals surface area contributed by atoms with Crippen LogP contribution < -0.4 is 0 Å². The van der Waals surface area contributed by atoms with Crippen LogP contribution in [-0.2, 0) is 14.3 Å². The van der Waals surface area contributed by atoms with Crippen LogP contribution in [0, 0.1) is 6.10 Å². The highest BCUT2D eigenvalue weighted by atomic mass is 16.5. The minimum absolute atomic E-state index is 0.240. The zero-order chi connectivity index (χ0) is 8.69. The molecule has 0 bridgehead atoms. The lowest BCUT2D eigenvalue weighted by Crippen LogP contribution is -2.10. The maximum absolute atomic E-state index is 10.7. The van der Waals surface area contributed by atoms with Crippen molar-refractivity contribution in [2.75, 3.05) is 13.7 Å². The molecule has 0 saturated carbocycles. The molecule has 0 spiro atoms. The molecule has 0 rings (SSSR count). The van der Waals surface area contributed by atoms with E-state index in [1.54, 1.807) is 0 Å². The fraction of sp³-hybridized carbons (Fsp3) is 0.750. The summed E-state index contributed by atoms with van der Waals surface area (Å²) in [5, 5.41) is 0. The summed E-state index contributed by atoms with van der Waals surface area (Å²) < 4.78 is 9.67. The Balaban J connectivity index is 3.58. The molecule has 0 heterocycles. The Hall–Kier alpha value is -0.570. The Morgan fingerprint density at radius 1 is 1.36 bits per heavy atom. The first-order valence-electron chi connectivity index (χ1n) is 3.78. The molecule has 3 nitrogen and oxygen atoms in total. The lowest BCUT2D eigenvalue weighted by Gasteiger charge is -2.11. The van der Waals surface area contributed by atoms with Crippen molar-refractivity contribution in [1.82, 2.24) is 0 Å². The van der Waals surface area contributed by atoms with Crippen LogP contribution in [0.2, 0.25) is 0 Å². The summed E-state index contributed by atoms with van der Waals surface area (Å²) in [6.45, 7) is 4.46. The van der Waals surface area contributed by atoms with Crippen molar-refractivity contribution in [2.45, 2.75) is 26.7 Å². The van der Waals surface area contributed by atoms with Gasteiger partial charge in [-0.2, -0.15) is 0 Å². The van der Waals surface area contributed by atoms with Gasteiger partial charge in [-0.25, -0.2) is 0 Å². The molecule has 0 fully saturated rings. The van der Waals surface area contributed by atoms with E-state index in [1.807, 2.05) is 13.8 Å². The normalized spacial score (nSPS) is 10.2. The fourth-order valence-corrected chi connectivity index (χ4v) is 0.715. The highest BCUT2D eigenvalue weighted by molar-refractivity contribution is 5.70. The first kappa shape index (κ1) is 10.4. The van der Waals surface area contributed by atoms with Gasteiger partial charge in [0.2, 0.25) is 0 Å². The molecular weight excluding hydrogens is 144 g/mol. The van der Waals surface area contributed by atoms with E-state index in [0.29, 0.717) is 6.61 Å². The highest BCUT2D eigenvalue weighted by Crippen LogP contribution is 2.12. The van der Waals surface area contributed by atoms with E-state index < -0.39 is 0 Å². The van der Waals surface area contributed by atoms with Gasteiger partial charge in [-0.05, 0) is 13.3 Å². The van der Waals surface area contributed by atoms with E-state index in [1.165, 1.54) is 7.11 Å². The minimum atomic E-state index is -0.240. The van der Waals surface area contributed by atoms with Crippen LogP contribution in [0.25, 0.3) is 0 Å². The van der Waals surface area contributed by atoms with Gasteiger partial charge in [-0.15, -0.1) is 0 Å². The Labute approximate surface area is 67.7 Å². The van der Waals surface area contributed by atoms with E-state index in [-0.39, 0.29) is 12.4 Å². The summed E-state index contributed by atoms with van der Waals surface area (Å²) in [5.41, 5.74) is 0. The van der Waals surface area contributed by atoms with Crippen molar-refractivity contribution in [3.63, 3.8) is 0 Å². The van der Waals surface area contributed by atoms with Gasteiger partial charge in [0.15, 0.2) is 0 Å². The predicted octanol–water partition coefficient (Wildman–Crippen LogP) is 1.53. The maximum atomic E-state index is 10.7. The van der Waals surface area contributed by atoms with E-state index >= 15 is 0 Å². The molecule has 0 aliphatic rings. The SMILES string of the molecule is CCO[C](CC)CC(=O)OC. The van der Waals surface area contributed by atoms with E-state index in [2.05, 4.69) is 4.74 Å². The average molecular weight is 159 g/mol. The van der Waals surface area contributed by atoms with E-state index in [9.17, 15) is 4.79 Å². The van der Waals surface area contributed by atoms with Crippen molar-refractivity contribution in [1.29, 1.82) is 0 Å². The monoisotopic (exact) mass is 159 g/mol. The molecular formula is C8H15O3. The van der Waals surface area contributed by atoms with Crippen LogP contribution in [0.1, 0.15) is 26.7 Å². The molecule has 0 aliphatic heterocycles. The third kappa shape index (κ3) is 4.79. The van der Waals surface area contributed by atoms with E-state index in [4.69, 9.17) is 4.74 Å². The molecule has 0 amide bonds. The van der Waals surface area contributed by atoms with Crippen molar-refractivity contribution >= 4 is 5.97 Å². The zero-order valence-electron chi connectivity index (χ0n) is 7.35. The Kier molecular flexibility index (Phi) is 5.84. The average Bonchev–Trinajstić information content (AvgIpc) is 2.03. The molecule has 0 N–H and O–H groups in total. The van der Waals surface area contributed by atoms with Gasteiger partial charge in [0, 0.05) is 6.61 Å². The molecule has 0 aromatic rings. The van der Waals surface area contributed by atoms with Gasteiger partial charge < -0.3 is 9.47 Å². The van der Waals surface area contributed by atoms with Gasteiger partial charge in [-0.3, -0.25) is 4.79 Å². The molecule has 1 radical (unpaired) electrons. The lowest BCUT2D eigenvalue weighted by atomic mass is 10.2. The molecule has 0 unspecified atom stereocenters. The summed E-state index contributed by atoms with van der Waals surface area (Å²) in [4.78, 5) is 10.7. The van der Waals surface area contributed by atoms with Crippen LogP contribution in [0.5, 0.6) is 0 Å². The molecule has 0 atom stereocenters. The Morgan fingerprint density at radius 3 is 2.36 bits per heavy atom. The number of methoxy groups -OCH3 is 1. The van der Waals surface area contributed by atoms with Crippen molar-refractivity contribution in [3.8, 4) is 0 Å². The summed E-state index contributed by atoms with van der Waals surface area (Å²) in [5.74, 6) is -0.240. The zero-order valence-corrected chi connectivity index (χ0v) is 7.35. The van der Waals surface area contributed by atoms with Crippen molar-refractivity contribution in [3.05, 3.63) is 6.10 Å². The highest BCUT2D eigenvalue weighted by Gasteiger charge is 2.12. The number of hydrogen-bond donors (Lipinski definition) is 0. The first-order chi connectivity index (χ1) is 5.24.